The normalized spacial score (nSPS) is 15.1. The van der Waals surface area contributed by atoms with E-state index in [2.05, 4.69) is 90.7 Å². The molecule has 6 aromatic rings. The zero-order valence-electron chi connectivity index (χ0n) is 33.8. The van der Waals surface area contributed by atoms with E-state index in [1.54, 1.807) is 4.90 Å². The highest BCUT2D eigenvalue weighted by Crippen LogP contribution is 2.33. The number of amides is 3. The third-order valence-corrected chi connectivity index (χ3v) is 11.2. The summed E-state index contributed by atoms with van der Waals surface area (Å²) in [6, 6.07) is 20.5. The molecule has 0 bridgehead atoms. The number of imidazole rings is 2. The highest BCUT2D eigenvalue weighted by atomic mass is 16.5. The summed E-state index contributed by atoms with van der Waals surface area (Å²) in [5.41, 5.74) is 5.78. The molecule has 3 atom stereocenters. The van der Waals surface area contributed by atoms with Crippen molar-refractivity contribution in [2.24, 2.45) is 17.8 Å². The van der Waals surface area contributed by atoms with Crippen molar-refractivity contribution in [3.8, 4) is 11.1 Å². The number of methoxy groups -OCH3 is 1. The van der Waals surface area contributed by atoms with Crippen LogP contribution in [0.1, 0.15) is 65.5 Å². The predicted molar refractivity (Wildman–Crippen MR) is 227 cm³/mol. The third-order valence-electron chi connectivity index (χ3n) is 11.2. The molecule has 0 saturated carbocycles. The molecule has 2 aromatic heterocycles. The molecule has 0 spiro atoms. The Balaban J connectivity index is 1.13. The Hall–Kier alpha value is -5.97. The highest BCUT2D eigenvalue weighted by Gasteiger charge is 2.32. The number of ether oxygens (including phenoxy) is 1. The van der Waals surface area contributed by atoms with Crippen molar-refractivity contribution in [1.29, 1.82) is 0 Å². The zero-order valence-corrected chi connectivity index (χ0v) is 33.8. The Kier molecular flexibility index (Phi) is 11.7. The van der Waals surface area contributed by atoms with Crippen LogP contribution in [0.5, 0.6) is 0 Å². The molecule has 1 aliphatic rings. The highest BCUT2D eigenvalue weighted by molar-refractivity contribution is 6.07. The van der Waals surface area contributed by atoms with E-state index < -0.39 is 12.1 Å². The molecule has 2 unspecified atom stereocenters. The Bertz CT molecular complexity index is 2500. The number of H-pyrrole nitrogens is 2. The van der Waals surface area contributed by atoms with Gasteiger partial charge < -0.3 is 29.8 Å². The Labute approximate surface area is 333 Å². The summed E-state index contributed by atoms with van der Waals surface area (Å²) in [4.78, 5) is 60.2. The van der Waals surface area contributed by atoms with E-state index in [-0.39, 0.29) is 36.1 Å². The fourth-order valence-electron chi connectivity index (χ4n) is 7.81. The first-order valence-corrected chi connectivity index (χ1v) is 20.2. The average Bonchev–Trinajstić information content (AvgIpc) is 3.85. The summed E-state index contributed by atoms with van der Waals surface area (Å²) in [6.45, 7) is 12.3. The molecule has 4 aromatic carbocycles. The van der Waals surface area contributed by atoms with Gasteiger partial charge in [0.1, 0.15) is 17.7 Å². The maximum atomic E-state index is 14.0. The van der Waals surface area contributed by atoms with Gasteiger partial charge in [-0.05, 0) is 71.3 Å². The molecule has 2 heterocycles. The molecular formula is C46H53N7O4. The SMILES string of the molecule is CCCN(Cc1nc2c(ccc3cc(-c4ccc5c(ccc6[nH]c(CN(CCC)C(=O)[C@H](NC(=O)OC)C7C=CC=CC7)nc65)c4)ccc32)[nH]1)C(=O)C(C)C(C)C. The number of hydrogen-bond donors (Lipinski definition) is 3. The number of rotatable bonds is 14. The number of nitrogens with zero attached hydrogens (tertiary/aromatic N) is 4. The van der Waals surface area contributed by atoms with Crippen LogP contribution in [0.15, 0.2) is 85.0 Å². The Morgan fingerprint density at radius 2 is 1.32 bits per heavy atom. The van der Waals surface area contributed by atoms with Crippen molar-refractivity contribution in [2.75, 3.05) is 20.2 Å². The Morgan fingerprint density at radius 1 is 0.772 bits per heavy atom. The molecule has 0 fully saturated rings. The molecular weight excluding hydrogens is 715 g/mol. The quantitative estimate of drug-likeness (QED) is 0.101. The predicted octanol–water partition coefficient (Wildman–Crippen LogP) is 9.04. The summed E-state index contributed by atoms with van der Waals surface area (Å²) in [5, 5.41) is 7.01. The number of alkyl carbamates (subject to hydrolysis) is 1. The third kappa shape index (κ3) is 8.28. The minimum Gasteiger partial charge on any atom is -0.453 e. The van der Waals surface area contributed by atoms with Gasteiger partial charge in [-0.15, -0.1) is 0 Å². The molecule has 3 N–H and O–H groups in total. The summed E-state index contributed by atoms with van der Waals surface area (Å²) in [5.74, 6) is 1.51. The number of aromatic amines is 2. The van der Waals surface area contributed by atoms with Gasteiger partial charge in [0.25, 0.3) is 0 Å². The molecule has 1 aliphatic carbocycles. The molecule has 11 heteroatoms. The fraction of sp³-hybridized carbons (Fsp3) is 0.370. The monoisotopic (exact) mass is 767 g/mol. The number of benzene rings is 4. The van der Waals surface area contributed by atoms with Crippen LogP contribution in [0, 0.1) is 17.8 Å². The van der Waals surface area contributed by atoms with Crippen LogP contribution in [0.4, 0.5) is 4.79 Å². The fourth-order valence-corrected chi connectivity index (χ4v) is 7.81. The average molecular weight is 768 g/mol. The number of hydrogen-bond acceptors (Lipinski definition) is 6. The van der Waals surface area contributed by atoms with Gasteiger partial charge >= 0.3 is 6.09 Å². The molecule has 57 heavy (non-hydrogen) atoms. The van der Waals surface area contributed by atoms with Crippen LogP contribution >= 0.6 is 0 Å². The minimum absolute atomic E-state index is 0.0451. The second-order valence-electron chi connectivity index (χ2n) is 15.5. The maximum absolute atomic E-state index is 14.0. The van der Waals surface area contributed by atoms with Gasteiger partial charge in [0.2, 0.25) is 11.8 Å². The number of fused-ring (bicyclic) bond motifs is 6. The van der Waals surface area contributed by atoms with Crippen molar-refractivity contribution in [3.63, 3.8) is 0 Å². The second kappa shape index (κ2) is 17.0. The molecule has 7 rings (SSSR count). The lowest BCUT2D eigenvalue weighted by molar-refractivity contribution is -0.137. The number of carbonyl (C=O) groups excluding carboxylic acids is 3. The lowest BCUT2D eigenvalue weighted by Gasteiger charge is -2.30. The van der Waals surface area contributed by atoms with Crippen LogP contribution in [0.3, 0.4) is 0 Å². The summed E-state index contributed by atoms with van der Waals surface area (Å²) >= 11 is 0. The topological polar surface area (TPSA) is 136 Å². The van der Waals surface area contributed by atoms with Gasteiger partial charge in [0.05, 0.1) is 42.3 Å². The van der Waals surface area contributed by atoms with Crippen LogP contribution < -0.4 is 5.32 Å². The minimum atomic E-state index is -0.761. The molecule has 11 nitrogen and oxygen atoms in total. The van der Waals surface area contributed by atoms with Gasteiger partial charge in [-0.2, -0.15) is 0 Å². The number of aromatic nitrogens is 4. The first-order chi connectivity index (χ1) is 27.6. The van der Waals surface area contributed by atoms with Crippen LogP contribution in [-0.4, -0.2) is 73.9 Å². The first-order valence-electron chi connectivity index (χ1n) is 20.2. The first kappa shape index (κ1) is 39.3. The Morgan fingerprint density at radius 3 is 1.79 bits per heavy atom. The smallest absolute Gasteiger partial charge is 0.407 e. The van der Waals surface area contributed by atoms with Crippen molar-refractivity contribution >= 4 is 61.5 Å². The van der Waals surface area contributed by atoms with Gasteiger partial charge in [-0.1, -0.05) is 95.3 Å². The van der Waals surface area contributed by atoms with Crippen molar-refractivity contribution < 1.29 is 19.1 Å². The van der Waals surface area contributed by atoms with E-state index in [1.165, 1.54) is 7.11 Å². The largest absolute Gasteiger partial charge is 0.453 e. The lowest BCUT2D eigenvalue weighted by atomic mass is 9.91. The van der Waals surface area contributed by atoms with Crippen LogP contribution in [0.2, 0.25) is 0 Å². The molecule has 0 radical (unpaired) electrons. The zero-order chi connectivity index (χ0) is 40.2. The van der Waals surface area contributed by atoms with Crippen molar-refractivity contribution in [2.45, 2.75) is 73.0 Å². The number of carbonyl (C=O) groups is 3. The standard InChI is InChI=1S/C46H53N7O4/c1-7-22-52(44(54)29(5)28(3)4)26-39-47-37-20-16-33-24-31(14-18-35(33)42(37)49-39)32-15-19-36-34(25-32)17-21-38-43(36)50-40(48-38)27-53(23-8-2)45(55)41(51-46(56)57-6)30-12-10-9-11-13-30/h9-12,14-21,24-25,28-30,41H,7-8,13,22-23,26-27H2,1-6H3,(H,47,49)(H,48,50)(H,51,56)/t29?,30?,41-/m1/s1. The van der Waals surface area contributed by atoms with E-state index in [1.807, 2.05) is 49.1 Å². The van der Waals surface area contributed by atoms with E-state index >= 15 is 0 Å². The molecule has 3 amide bonds. The molecule has 0 saturated heterocycles. The van der Waals surface area contributed by atoms with Gasteiger partial charge in [-0.3, -0.25) is 9.59 Å². The molecule has 296 valence electrons. The van der Waals surface area contributed by atoms with Gasteiger partial charge in [0, 0.05) is 35.7 Å². The number of allylic oxidation sites excluding steroid dienone is 3. The van der Waals surface area contributed by atoms with Gasteiger partial charge in [0.15, 0.2) is 0 Å². The van der Waals surface area contributed by atoms with Crippen LogP contribution in [0.25, 0.3) is 54.7 Å². The summed E-state index contributed by atoms with van der Waals surface area (Å²) in [7, 11) is 1.30. The van der Waals surface area contributed by atoms with E-state index in [0.717, 1.165) is 73.4 Å². The lowest BCUT2D eigenvalue weighted by Crippen LogP contribution is -2.52. The summed E-state index contributed by atoms with van der Waals surface area (Å²) < 4.78 is 4.87. The van der Waals surface area contributed by atoms with Gasteiger partial charge in [-0.25, -0.2) is 14.8 Å². The van der Waals surface area contributed by atoms with E-state index in [4.69, 9.17) is 14.7 Å². The second-order valence-corrected chi connectivity index (χ2v) is 15.5. The van der Waals surface area contributed by atoms with Crippen LogP contribution in [-0.2, 0) is 27.4 Å². The number of nitrogens with one attached hydrogen (secondary N) is 3. The summed E-state index contributed by atoms with van der Waals surface area (Å²) in [6.07, 6.45) is 9.46. The van der Waals surface area contributed by atoms with E-state index in [9.17, 15) is 14.4 Å². The molecule has 0 aliphatic heterocycles. The maximum Gasteiger partial charge on any atom is 0.407 e. The van der Waals surface area contributed by atoms with E-state index in [0.29, 0.717) is 31.9 Å². The van der Waals surface area contributed by atoms with Crippen molar-refractivity contribution in [3.05, 3.63) is 96.6 Å². The van der Waals surface area contributed by atoms with Crippen molar-refractivity contribution in [1.82, 2.24) is 35.1 Å².